The van der Waals surface area contributed by atoms with Crippen molar-refractivity contribution in [1.29, 1.82) is 0 Å². The molecule has 0 bridgehead atoms. The Kier molecular flexibility index (Phi) is 2.79. The predicted octanol–water partition coefficient (Wildman–Crippen LogP) is 0.881. The molecule has 1 fully saturated rings. The first kappa shape index (κ1) is 13.1. The van der Waals surface area contributed by atoms with Crippen molar-refractivity contribution in [3.8, 4) is 16.9 Å². The summed E-state index contributed by atoms with van der Waals surface area (Å²) in [5.74, 6) is 0.324. The number of carbonyl (C=O) groups excluding carboxylic acids is 1. The number of hydrogen-bond acceptors (Lipinski definition) is 5. The Balaban J connectivity index is 1.77. The molecule has 0 radical (unpaired) electrons. The van der Waals surface area contributed by atoms with E-state index in [2.05, 4.69) is 5.32 Å². The number of ether oxygens (including phenoxy) is 1. The topological polar surface area (TPSA) is 75.7 Å². The highest BCUT2D eigenvalue weighted by atomic mass is 16.5. The normalized spacial score (nSPS) is 17.3. The van der Waals surface area contributed by atoms with Crippen LogP contribution in [0.15, 0.2) is 27.8 Å². The van der Waals surface area contributed by atoms with Crippen LogP contribution in [0.1, 0.15) is 12.8 Å². The number of anilines is 2. The van der Waals surface area contributed by atoms with E-state index in [0.29, 0.717) is 28.3 Å². The van der Waals surface area contributed by atoms with Gasteiger partial charge in [0, 0.05) is 13.1 Å². The summed E-state index contributed by atoms with van der Waals surface area (Å²) in [7, 11) is 0. The maximum Gasteiger partial charge on any atom is 0.262 e. The zero-order valence-corrected chi connectivity index (χ0v) is 11.8. The minimum Gasteiger partial charge on any atom is -0.482 e. The van der Waals surface area contributed by atoms with E-state index in [1.165, 1.54) is 0 Å². The van der Waals surface area contributed by atoms with Crippen molar-refractivity contribution < 1.29 is 9.53 Å². The van der Waals surface area contributed by atoms with Crippen molar-refractivity contribution in [2.24, 2.45) is 0 Å². The summed E-state index contributed by atoms with van der Waals surface area (Å²) in [5.41, 5.74) is 1.41. The highest BCUT2D eigenvalue weighted by Gasteiger charge is 2.29. The van der Waals surface area contributed by atoms with Crippen molar-refractivity contribution >= 4 is 17.3 Å². The molecule has 2 aliphatic rings. The third-order valence-corrected chi connectivity index (χ3v) is 4.21. The molecule has 2 aromatic carbocycles. The highest BCUT2D eigenvalue weighted by molar-refractivity contribution is 5.96. The minimum absolute atomic E-state index is 0.0403. The van der Waals surface area contributed by atoms with Crippen LogP contribution in [0.2, 0.25) is 0 Å². The van der Waals surface area contributed by atoms with Gasteiger partial charge in [0.2, 0.25) is 10.9 Å². The summed E-state index contributed by atoms with van der Waals surface area (Å²) in [6, 6.07) is 5.15. The summed E-state index contributed by atoms with van der Waals surface area (Å²) in [4.78, 5) is 37.2. The number of nitrogens with one attached hydrogen (secondary N) is 1. The lowest BCUT2D eigenvalue weighted by atomic mass is 9.97. The molecule has 4 rings (SSSR count). The number of hydrogen-bond donors (Lipinski definition) is 1. The molecule has 0 atom stereocenters. The van der Waals surface area contributed by atoms with Crippen LogP contribution in [-0.2, 0) is 4.79 Å². The number of amides is 1. The van der Waals surface area contributed by atoms with Crippen LogP contribution in [0.4, 0.5) is 11.4 Å². The van der Waals surface area contributed by atoms with Gasteiger partial charge in [0.25, 0.3) is 5.91 Å². The van der Waals surface area contributed by atoms with Crippen LogP contribution in [0, 0.1) is 0 Å². The van der Waals surface area contributed by atoms with Gasteiger partial charge in [0.15, 0.2) is 6.61 Å². The second-order valence-corrected chi connectivity index (χ2v) is 5.62. The Morgan fingerprint density at radius 2 is 1.82 bits per heavy atom. The van der Waals surface area contributed by atoms with Gasteiger partial charge in [-0.25, -0.2) is 0 Å². The first-order chi connectivity index (χ1) is 10.6. The number of rotatable bonds is 2. The SMILES string of the molecule is O=C1COc2cc(-c3c(N4CCCC4)c(=O)c3=O)ccc2N1. The molecule has 0 unspecified atom stereocenters. The highest BCUT2D eigenvalue weighted by Crippen LogP contribution is 2.35. The fourth-order valence-electron chi connectivity index (χ4n) is 3.12. The number of nitrogens with zero attached hydrogens (tertiary/aromatic N) is 1. The zero-order chi connectivity index (χ0) is 15.3. The van der Waals surface area contributed by atoms with Crippen molar-refractivity contribution in [1.82, 2.24) is 0 Å². The molecular weight excluding hydrogens is 284 g/mol. The van der Waals surface area contributed by atoms with Gasteiger partial charge in [-0.05, 0) is 30.5 Å². The largest absolute Gasteiger partial charge is 0.482 e. The molecule has 0 aliphatic carbocycles. The van der Waals surface area contributed by atoms with Crippen molar-refractivity contribution in [3.63, 3.8) is 0 Å². The molecule has 1 amide bonds. The number of carbonyl (C=O) groups is 1. The fourth-order valence-corrected chi connectivity index (χ4v) is 3.12. The Labute approximate surface area is 126 Å². The monoisotopic (exact) mass is 298 g/mol. The summed E-state index contributed by atoms with van der Waals surface area (Å²) in [6.07, 6.45) is 2.08. The summed E-state index contributed by atoms with van der Waals surface area (Å²) < 4.78 is 5.37. The van der Waals surface area contributed by atoms with Gasteiger partial charge in [0.1, 0.15) is 11.4 Å². The van der Waals surface area contributed by atoms with Gasteiger partial charge >= 0.3 is 0 Å². The van der Waals surface area contributed by atoms with Gasteiger partial charge in [0.05, 0.1) is 11.3 Å². The van der Waals surface area contributed by atoms with Crippen LogP contribution in [-0.4, -0.2) is 25.6 Å². The Hall–Kier alpha value is -2.63. The van der Waals surface area contributed by atoms with E-state index in [-0.39, 0.29) is 12.5 Å². The molecule has 112 valence electrons. The van der Waals surface area contributed by atoms with E-state index in [9.17, 15) is 14.4 Å². The first-order valence-corrected chi connectivity index (χ1v) is 7.30. The molecule has 6 nitrogen and oxygen atoms in total. The van der Waals surface area contributed by atoms with Gasteiger partial charge in [-0.1, -0.05) is 6.07 Å². The van der Waals surface area contributed by atoms with Crippen molar-refractivity contribution in [3.05, 3.63) is 38.6 Å². The standard InChI is InChI=1S/C16H14N2O4/c19-12-8-22-11-7-9(3-4-10(11)17-12)13-14(16(21)15(13)20)18-5-1-2-6-18/h3-4,7H,1-2,5-6,8H2,(H,17,19). The first-order valence-electron chi connectivity index (χ1n) is 7.30. The second-order valence-electron chi connectivity index (χ2n) is 5.62. The van der Waals surface area contributed by atoms with E-state index in [4.69, 9.17) is 4.74 Å². The smallest absolute Gasteiger partial charge is 0.262 e. The van der Waals surface area contributed by atoms with Gasteiger partial charge in [-0.3, -0.25) is 14.4 Å². The Bertz CT molecular complexity index is 842. The average molecular weight is 298 g/mol. The zero-order valence-electron chi connectivity index (χ0n) is 11.8. The lowest BCUT2D eigenvalue weighted by Crippen LogP contribution is -2.41. The van der Waals surface area contributed by atoms with Crippen LogP contribution in [0.3, 0.4) is 0 Å². The quantitative estimate of drug-likeness (QED) is 0.833. The second kappa shape index (κ2) is 4.69. The molecule has 2 heterocycles. The van der Waals surface area contributed by atoms with Gasteiger partial charge in [-0.15, -0.1) is 0 Å². The number of fused-ring (bicyclic) bond motifs is 1. The summed E-state index contributed by atoms with van der Waals surface area (Å²) in [5, 5.41) is 2.71. The van der Waals surface area contributed by atoms with Crippen molar-refractivity contribution in [2.75, 3.05) is 29.9 Å². The van der Waals surface area contributed by atoms with Crippen molar-refractivity contribution in [2.45, 2.75) is 12.8 Å². The minimum atomic E-state index is -0.443. The molecule has 1 saturated heterocycles. The van der Waals surface area contributed by atoms with E-state index in [1.54, 1.807) is 18.2 Å². The molecule has 6 heteroatoms. The van der Waals surface area contributed by atoms with E-state index in [0.717, 1.165) is 25.9 Å². The van der Waals surface area contributed by atoms with E-state index in [1.807, 2.05) is 4.90 Å². The number of benzene rings is 1. The molecule has 0 saturated carbocycles. The van der Waals surface area contributed by atoms with E-state index >= 15 is 0 Å². The van der Waals surface area contributed by atoms with Crippen LogP contribution < -0.4 is 25.8 Å². The molecule has 2 aromatic rings. The molecule has 1 N–H and O–H groups in total. The fraction of sp³-hybridized carbons (Fsp3) is 0.312. The maximum atomic E-state index is 12.0. The lowest BCUT2D eigenvalue weighted by molar-refractivity contribution is -0.118. The molecular formula is C16H14N2O4. The third kappa shape index (κ3) is 1.83. The van der Waals surface area contributed by atoms with Crippen LogP contribution in [0.25, 0.3) is 11.1 Å². The van der Waals surface area contributed by atoms with Gasteiger partial charge < -0.3 is 15.0 Å². The van der Waals surface area contributed by atoms with Crippen LogP contribution >= 0.6 is 0 Å². The predicted molar refractivity (Wildman–Crippen MR) is 82.4 cm³/mol. The molecule has 22 heavy (non-hydrogen) atoms. The average Bonchev–Trinajstić information content (AvgIpc) is 3.04. The summed E-state index contributed by atoms with van der Waals surface area (Å²) >= 11 is 0. The molecule has 2 aliphatic heterocycles. The van der Waals surface area contributed by atoms with Gasteiger partial charge in [-0.2, -0.15) is 0 Å². The Morgan fingerprint density at radius 3 is 2.59 bits per heavy atom. The molecule has 0 spiro atoms. The Morgan fingerprint density at radius 1 is 1.05 bits per heavy atom. The lowest BCUT2D eigenvalue weighted by Gasteiger charge is -2.23. The van der Waals surface area contributed by atoms with Crippen LogP contribution in [0.5, 0.6) is 5.75 Å². The third-order valence-electron chi connectivity index (χ3n) is 4.21. The molecule has 0 aromatic heterocycles. The van der Waals surface area contributed by atoms with E-state index < -0.39 is 10.9 Å². The summed E-state index contributed by atoms with van der Waals surface area (Å²) in [6.45, 7) is 1.59. The maximum absolute atomic E-state index is 12.0.